The quantitative estimate of drug-likeness (QED) is 0.561. The summed E-state index contributed by atoms with van der Waals surface area (Å²) in [5.74, 6) is 0. The molecule has 7 heteroatoms. The second kappa shape index (κ2) is 5.65. The first-order chi connectivity index (χ1) is 8.74. The lowest BCUT2D eigenvalue weighted by molar-refractivity contribution is 0.0971. The number of rotatable bonds is 6. The molecule has 0 amide bonds. The second-order valence-electron chi connectivity index (χ2n) is 3.89. The maximum Gasteiger partial charge on any atom is 0.160 e. The van der Waals surface area contributed by atoms with Crippen molar-refractivity contribution >= 4 is 22.4 Å². The molecule has 98 valence electrons. The zero-order valence-corrected chi connectivity index (χ0v) is 10.2. The summed E-state index contributed by atoms with van der Waals surface area (Å²) in [6.45, 7) is 1.57. The van der Waals surface area contributed by atoms with Crippen LogP contribution in [0.5, 0.6) is 0 Å². The number of fused-ring (bicyclic) bond motifs is 1. The van der Waals surface area contributed by atoms with Crippen LogP contribution in [0.2, 0.25) is 0 Å². The fourth-order valence-corrected chi connectivity index (χ4v) is 1.67. The van der Waals surface area contributed by atoms with E-state index in [9.17, 15) is 0 Å². The van der Waals surface area contributed by atoms with Crippen LogP contribution < -0.4 is 10.6 Å². The predicted molar refractivity (Wildman–Crippen MR) is 67.4 cm³/mol. The number of hydrogen-bond acceptors (Lipinski definition) is 7. The van der Waals surface area contributed by atoms with E-state index in [1.54, 1.807) is 6.07 Å². The summed E-state index contributed by atoms with van der Waals surface area (Å²) in [4.78, 5) is 1.98. The third-order valence-electron chi connectivity index (χ3n) is 2.64. The molecule has 1 heterocycles. The Labute approximate surface area is 104 Å². The van der Waals surface area contributed by atoms with Gasteiger partial charge in [-0.25, -0.2) is 4.63 Å². The molecule has 3 N–H and O–H groups in total. The number of aromatic nitrogens is 2. The molecule has 1 aromatic heterocycles. The van der Waals surface area contributed by atoms with E-state index in [4.69, 9.17) is 20.2 Å². The molecule has 1 aromatic carbocycles. The van der Waals surface area contributed by atoms with E-state index in [1.807, 2.05) is 18.0 Å². The lowest BCUT2D eigenvalue weighted by atomic mass is 10.2. The summed E-state index contributed by atoms with van der Waals surface area (Å²) in [6.07, 6.45) is 0. The molecule has 0 saturated carbocycles. The van der Waals surface area contributed by atoms with Crippen LogP contribution in [0.3, 0.4) is 0 Å². The van der Waals surface area contributed by atoms with Gasteiger partial charge in [0, 0.05) is 13.6 Å². The summed E-state index contributed by atoms with van der Waals surface area (Å²) >= 11 is 0. The molecule has 0 unspecified atom stereocenters. The third kappa shape index (κ3) is 2.52. The summed E-state index contributed by atoms with van der Waals surface area (Å²) in [5, 5.41) is 16.2. The molecule has 0 aliphatic heterocycles. The number of aliphatic hydroxyl groups excluding tert-OH is 1. The van der Waals surface area contributed by atoms with Crippen molar-refractivity contribution in [3.8, 4) is 0 Å². The van der Waals surface area contributed by atoms with Crippen LogP contribution in [0, 0.1) is 0 Å². The summed E-state index contributed by atoms with van der Waals surface area (Å²) in [7, 11) is 1.92. The molecule has 0 aliphatic rings. The minimum absolute atomic E-state index is 0.0308. The van der Waals surface area contributed by atoms with Crippen molar-refractivity contribution in [1.82, 2.24) is 10.3 Å². The summed E-state index contributed by atoms with van der Waals surface area (Å²) in [5.41, 5.74) is 8.40. The van der Waals surface area contributed by atoms with Gasteiger partial charge in [-0.2, -0.15) is 0 Å². The van der Waals surface area contributed by atoms with Crippen LogP contribution >= 0.6 is 0 Å². The molecule has 0 radical (unpaired) electrons. The van der Waals surface area contributed by atoms with Gasteiger partial charge >= 0.3 is 0 Å². The van der Waals surface area contributed by atoms with Gasteiger partial charge in [-0.05, 0) is 22.4 Å². The van der Waals surface area contributed by atoms with Gasteiger partial charge in [0.1, 0.15) is 0 Å². The zero-order chi connectivity index (χ0) is 13.0. The lowest BCUT2D eigenvalue weighted by Gasteiger charge is -2.19. The van der Waals surface area contributed by atoms with Gasteiger partial charge in [0.25, 0.3) is 0 Å². The van der Waals surface area contributed by atoms with Crippen molar-refractivity contribution in [2.24, 2.45) is 0 Å². The van der Waals surface area contributed by atoms with Crippen molar-refractivity contribution < 1.29 is 14.5 Å². The van der Waals surface area contributed by atoms with E-state index in [0.29, 0.717) is 36.5 Å². The molecule has 0 spiro atoms. The van der Waals surface area contributed by atoms with Gasteiger partial charge in [-0.15, -0.1) is 0 Å². The Kier molecular flexibility index (Phi) is 3.96. The molecule has 7 nitrogen and oxygen atoms in total. The average Bonchev–Trinajstić information content (AvgIpc) is 2.85. The van der Waals surface area contributed by atoms with Crippen molar-refractivity contribution in [1.29, 1.82) is 0 Å². The smallest absolute Gasteiger partial charge is 0.160 e. The molecule has 0 bridgehead atoms. The molecular formula is C11H16N4O3. The van der Waals surface area contributed by atoms with E-state index in [0.717, 1.165) is 5.69 Å². The van der Waals surface area contributed by atoms with Crippen LogP contribution in [0.15, 0.2) is 16.8 Å². The average molecular weight is 252 g/mol. The SMILES string of the molecule is CN(CCOCCO)c1ccc(N)c2nonc12. The van der Waals surface area contributed by atoms with Crippen molar-refractivity contribution in [2.75, 3.05) is 44.0 Å². The fraction of sp³-hybridized carbons (Fsp3) is 0.455. The Bertz CT molecular complexity index is 514. The lowest BCUT2D eigenvalue weighted by Crippen LogP contribution is -2.23. The first-order valence-electron chi connectivity index (χ1n) is 5.64. The molecule has 0 fully saturated rings. The van der Waals surface area contributed by atoms with Gasteiger partial charge in [0.2, 0.25) is 0 Å². The predicted octanol–water partition coefficient (Wildman–Crippen LogP) is 0.250. The number of ether oxygens (including phenoxy) is 1. The minimum Gasteiger partial charge on any atom is -0.397 e. The highest BCUT2D eigenvalue weighted by molar-refractivity contribution is 5.95. The van der Waals surface area contributed by atoms with E-state index in [1.165, 1.54) is 0 Å². The normalized spacial score (nSPS) is 11.0. The van der Waals surface area contributed by atoms with Crippen LogP contribution in [-0.2, 0) is 4.74 Å². The van der Waals surface area contributed by atoms with Gasteiger partial charge in [0.05, 0.1) is 31.2 Å². The van der Waals surface area contributed by atoms with E-state index >= 15 is 0 Å². The number of hydrogen-bond donors (Lipinski definition) is 2. The largest absolute Gasteiger partial charge is 0.397 e. The van der Waals surface area contributed by atoms with Gasteiger partial charge in [-0.1, -0.05) is 0 Å². The molecular weight excluding hydrogens is 236 g/mol. The highest BCUT2D eigenvalue weighted by atomic mass is 16.6. The molecule has 0 saturated heterocycles. The van der Waals surface area contributed by atoms with Crippen molar-refractivity contribution in [2.45, 2.75) is 0 Å². The number of benzene rings is 1. The van der Waals surface area contributed by atoms with Crippen LogP contribution in [0.4, 0.5) is 11.4 Å². The topological polar surface area (TPSA) is 97.6 Å². The maximum absolute atomic E-state index is 8.61. The third-order valence-corrected chi connectivity index (χ3v) is 2.64. The summed E-state index contributed by atoms with van der Waals surface area (Å²) in [6, 6.07) is 3.64. The highest BCUT2D eigenvalue weighted by Gasteiger charge is 2.12. The fourth-order valence-electron chi connectivity index (χ4n) is 1.67. The first-order valence-corrected chi connectivity index (χ1v) is 5.64. The Morgan fingerprint density at radius 3 is 2.89 bits per heavy atom. The van der Waals surface area contributed by atoms with Gasteiger partial charge in [-0.3, -0.25) is 0 Å². The Balaban J connectivity index is 2.10. The monoisotopic (exact) mass is 252 g/mol. The van der Waals surface area contributed by atoms with E-state index in [-0.39, 0.29) is 6.61 Å². The number of nitrogens with zero attached hydrogens (tertiary/aromatic N) is 3. The Hall–Kier alpha value is -1.86. The molecule has 0 aliphatic carbocycles. The van der Waals surface area contributed by atoms with Crippen LogP contribution in [-0.4, -0.2) is 48.8 Å². The zero-order valence-electron chi connectivity index (χ0n) is 10.2. The van der Waals surface area contributed by atoms with Crippen LogP contribution in [0.1, 0.15) is 0 Å². The molecule has 0 atom stereocenters. The first kappa shape index (κ1) is 12.6. The second-order valence-corrected chi connectivity index (χ2v) is 3.89. The molecule has 18 heavy (non-hydrogen) atoms. The number of nitrogens with two attached hydrogens (primary N) is 1. The maximum atomic E-state index is 8.61. The van der Waals surface area contributed by atoms with Crippen LogP contribution in [0.25, 0.3) is 11.0 Å². The Morgan fingerprint density at radius 1 is 1.33 bits per heavy atom. The Morgan fingerprint density at radius 2 is 2.11 bits per heavy atom. The number of aliphatic hydroxyl groups is 1. The highest BCUT2D eigenvalue weighted by Crippen LogP contribution is 2.27. The minimum atomic E-state index is 0.0308. The van der Waals surface area contributed by atoms with Crippen molar-refractivity contribution in [3.63, 3.8) is 0 Å². The number of likely N-dealkylation sites (N-methyl/N-ethyl adjacent to an activating group) is 1. The van der Waals surface area contributed by atoms with E-state index in [2.05, 4.69) is 10.3 Å². The van der Waals surface area contributed by atoms with E-state index < -0.39 is 0 Å². The standard InChI is InChI=1S/C11H16N4O3/c1-15(4-6-17-7-5-16)9-3-2-8(12)10-11(9)14-18-13-10/h2-3,16H,4-7,12H2,1H3. The molecule has 2 aromatic rings. The number of nitrogen functional groups attached to an aromatic ring is 1. The van der Waals surface area contributed by atoms with Gasteiger partial charge < -0.3 is 20.5 Å². The van der Waals surface area contributed by atoms with Crippen molar-refractivity contribution in [3.05, 3.63) is 12.1 Å². The summed E-state index contributed by atoms with van der Waals surface area (Å²) < 4.78 is 9.93. The number of anilines is 2. The van der Waals surface area contributed by atoms with Gasteiger partial charge in [0.15, 0.2) is 11.0 Å². The molecule has 2 rings (SSSR count).